The molecule has 0 saturated carbocycles. The predicted octanol–water partition coefficient (Wildman–Crippen LogP) is 1.21. The molecule has 0 spiro atoms. The first-order valence-electron chi connectivity index (χ1n) is 5.13. The number of sulfonamides is 1. The minimum atomic E-state index is -3.29. The Bertz CT molecular complexity index is 491. The van der Waals surface area contributed by atoms with Crippen molar-refractivity contribution in [3.05, 3.63) is 35.4 Å². The van der Waals surface area contributed by atoms with Gasteiger partial charge in [0.15, 0.2) is 0 Å². The first kappa shape index (κ1) is 13.7. The van der Waals surface area contributed by atoms with Gasteiger partial charge in [0.25, 0.3) is 0 Å². The fraction of sp³-hybridized carbons (Fsp3) is 0.364. The van der Waals surface area contributed by atoms with E-state index in [0.29, 0.717) is 0 Å². The second kappa shape index (κ2) is 5.29. The lowest BCUT2D eigenvalue weighted by molar-refractivity contribution is 0.0697. The van der Waals surface area contributed by atoms with Gasteiger partial charge in [0.05, 0.1) is 10.8 Å². The van der Waals surface area contributed by atoms with Crippen molar-refractivity contribution in [1.29, 1.82) is 0 Å². The van der Waals surface area contributed by atoms with Gasteiger partial charge in [0.1, 0.15) is 0 Å². The third kappa shape index (κ3) is 3.83. The minimum absolute atomic E-state index is 0.167. The summed E-state index contributed by atoms with van der Waals surface area (Å²) in [5.74, 6) is -1.00. The van der Waals surface area contributed by atoms with Crippen molar-refractivity contribution >= 4 is 16.0 Å². The summed E-state index contributed by atoms with van der Waals surface area (Å²) in [6, 6.07) is 6.07. The van der Waals surface area contributed by atoms with Crippen molar-refractivity contribution in [2.24, 2.45) is 0 Å². The van der Waals surface area contributed by atoms with E-state index in [2.05, 4.69) is 4.72 Å². The molecule has 1 rings (SSSR count). The molecule has 0 unspecified atom stereocenters. The normalized spacial score (nSPS) is 11.7. The molecule has 0 amide bonds. The lowest BCUT2D eigenvalue weighted by Gasteiger charge is -2.09. The Morgan fingerprint density at radius 2 is 1.82 bits per heavy atom. The summed E-state index contributed by atoms with van der Waals surface area (Å²) in [4.78, 5) is 10.6. The molecule has 2 N–H and O–H groups in total. The van der Waals surface area contributed by atoms with E-state index in [4.69, 9.17) is 5.11 Å². The number of hydrogen-bond donors (Lipinski definition) is 2. The van der Waals surface area contributed by atoms with Gasteiger partial charge in [-0.3, -0.25) is 0 Å². The molecule has 0 atom stereocenters. The second-order valence-corrected chi connectivity index (χ2v) is 6.24. The van der Waals surface area contributed by atoms with Crippen molar-refractivity contribution in [3.8, 4) is 0 Å². The van der Waals surface area contributed by atoms with Gasteiger partial charge in [0, 0.05) is 6.54 Å². The zero-order valence-electron chi connectivity index (χ0n) is 9.67. The zero-order valence-corrected chi connectivity index (χ0v) is 10.5. The first-order valence-corrected chi connectivity index (χ1v) is 6.68. The third-order valence-corrected chi connectivity index (χ3v) is 4.09. The van der Waals surface area contributed by atoms with Crippen LogP contribution in [0.3, 0.4) is 0 Å². The van der Waals surface area contributed by atoms with Crippen LogP contribution >= 0.6 is 0 Å². The average Bonchev–Trinajstić information content (AvgIpc) is 2.27. The van der Waals surface area contributed by atoms with E-state index in [9.17, 15) is 13.2 Å². The quantitative estimate of drug-likeness (QED) is 0.830. The number of rotatable bonds is 5. The fourth-order valence-electron chi connectivity index (χ4n) is 1.12. The Hall–Kier alpha value is -1.40. The highest BCUT2D eigenvalue weighted by atomic mass is 32.2. The number of benzene rings is 1. The molecular weight excluding hydrogens is 242 g/mol. The fourth-order valence-corrected chi connectivity index (χ4v) is 1.82. The highest BCUT2D eigenvalue weighted by molar-refractivity contribution is 7.90. The maximum atomic E-state index is 11.5. The van der Waals surface area contributed by atoms with Gasteiger partial charge >= 0.3 is 5.97 Å². The third-order valence-electron chi connectivity index (χ3n) is 2.30. The topological polar surface area (TPSA) is 83.5 Å². The smallest absolute Gasteiger partial charge is 0.335 e. The monoisotopic (exact) mass is 257 g/mol. The van der Waals surface area contributed by atoms with Crippen molar-refractivity contribution in [3.63, 3.8) is 0 Å². The van der Waals surface area contributed by atoms with E-state index >= 15 is 0 Å². The van der Waals surface area contributed by atoms with E-state index in [1.165, 1.54) is 12.1 Å². The van der Waals surface area contributed by atoms with Crippen LogP contribution in [0.15, 0.2) is 24.3 Å². The predicted molar refractivity (Wildman–Crippen MR) is 64.3 cm³/mol. The Morgan fingerprint density at radius 1 is 1.29 bits per heavy atom. The number of aromatic carboxylic acids is 1. The van der Waals surface area contributed by atoms with Crippen molar-refractivity contribution in [2.45, 2.75) is 25.6 Å². The lowest BCUT2D eigenvalue weighted by atomic mass is 10.1. The molecule has 0 heterocycles. The Balaban J connectivity index is 2.68. The van der Waals surface area contributed by atoms with E-state index < -0.39 is 21.2 Å². The van der Waals surface area contributed by atoms with Gasteiger partial charge in [-0.1, -0.05) is 12.1 Å². The molecule has 5 nitrogen and oxygen atoms in total. The SMILES string of the molecule is CC(C)S(=O)(=O)NCc1ccc(C(=O)O)cc1. The van der Waals surface area contributed by atoms with Crippen LogP contribution in [-0.2, 0) is 16.6 Å². The summed E-state index contributed by atoms with van der Waals surface area (Å²) < 4.78 is 25.4. The van der Waals surface area contributed by atoms with Gasteiger partial charge in [-0.25, -0.2) is 17.9 Å². The van der Waals surface area contributed by atoms with Crippen molar-refractivity contribution in [1.82, 2.24) is 4.72 Å². The highest BCUT2D eigenvalue weighted by Crippen LogP contribution is 2.05. The molecule has 0 aliphatic heterocycles. The summed E-state index contributed by atoms with van der Waals surface area (Å²) >= 11 is 0. The molecule has 0 aliphatic carbocycles. The minimum Gasteiger partial charge on any atom is -0.478 e. The van der Waals surface area contributed by atoms with E-state index in [1.54, 1.807) is 26.0 Å². The Kier molecular flexibility index (Phi) is 4.25. The van der Waals surface area contributed by atoms with Crippen molar-refractivity contribution < 1.29 is 18.3 Å². The standard InChI is InChI=1S/C11H15NO4S/c1-8(2)17(15,16)12-7-9-3-5-10(6-4-9)11(13)14/h3-6,8,12H,7H2,1-2H3,(H,13,14). The molecule has 6 heteroatoms. The van der Waals surface area contributed by atoms with Crippen LogP contribution in [0.25, 0.3) is 0 Å². The van der Waals surface area contributed by atoms with Crippen molar-refractivity contribution in [2.75, 3.05) is 0 Å². The average molecular weight is 257 g/mol. The Morgan fingerprint density at radius 3 is 2.24 bits per heavy atom. The van der Waals surface area contributed by atoms with Gasteiger partial charge in [0.2, 0.25) is 10.0 Å². The summed E-state index contributed by atoms with van der Waals surface area (Å²) in [6.07, 6.45) is 0. The zero-order chi connectivity index (χ0) is 13.1. The van der Waals surface area contributed by atoms with Gasteiger partial charge < -0.3 is 5.11 Å². The molecule has 0 aromatic heterocycles. The van der Waals surface area contributed by atoms with Crippen LogP contribution in [0.5, 0.6) is 0 Å². The molecule has 0 bridgehead atoms. The van der Waals surface area contributed by atoms with Gasteiger partial charge in [-0.15, -0.1) is 0 Å². The number of hydrogen-bond acceptors (Lipinski definition) is 3. The van der Waals surface area contributed by atoms with Crippen LogP contribution in [0.1, 0.15) is 29.8 Å². The molecule has 94 valence electrons. The highest BCUT2D eigenvalue weighted by Gasteiger charge is 2.14. The molecule has 0 saturated heterocycles. The van der Waals surface area contributed by atoms with Gasteiger partial charge in [-0.05, 0) is 31.5 Å². The molecule has 17 heavy (non-hydrogen) atoms. The largest absolute Gasteiger partial charge is 0.478 e. The summed E-state index contributed by atoms with van der Waals surface area (Å²) in [5, 5.41) is 8.21. The number of carbonyl (C=O) groups is 1. The number of nitrogens with one attached hydrogen (secondary N) is 1. The van der Waals surface area contributed by atoms with E-state index in [0.717, 1.165) is 5.56 Å². The molecule has 1 aromatic carbocycles. The summed E-state index contributed by atoms with van der Waals surface area (Å²) in [5.41, 5.74) is 0.902. The first-order chi connectivity index (χ1) is 7.83. The lowest BCUT2D eigenvalue weighted by Crippen LogP contribution is -2.30. The molecule has 0 aliphatic rings. The Labute approximate surface area is 101 Å². The van der Waals surface area contributed by atoms with Crippen LogP contribution in [0.4, 0.5) is 0 Å². The van der Waals surface area contributed by atoms with E-state index in [1.807, 2.05) is 0 Å². The summed E-state index contributed by atoms with van der Waals surface area (Å²) in [6.45, 7) is 3.35. The molecule has 0 fully saturated rings. The molecule has 1 aromatic rings. The molecular formula is C11H15NO4S. The van der Waals surface area contributed by atoms with Gasteiger partial charge in [-0.2, -0.15) is 0 Å². The van der Waals surface area contributed by atoms with Crippen LogP contribution in [0, 0.1) is 0 Å². The maximum absolute atomic E-state index is 11.5. The summed E-state index contributed by atoms with van der Waals surface area (Å²) in [7, 11) is -3.29. The number of carboxylic acid groups (broad SMARTS) is 1. The van der Waals surface area contributed by atoms with E-state index in [-0.39, 0.29) is 12.1 Å². The molecule has 0 radical (unpaired) electrons. The maximum Gasteiger partial charge on any atom is 0.335 e. The van der Waals surface area contributed by atoms with Crippen LogP contribution in [-0.4, -0.2) is 24.7 Å². The number of carboxylic acids is 1. The van der Waals surface area contributed by atoms with Crippen LogP contribution in [0.2, 0.25) is 0 Å². The van der Waals surface area contributed by atoms with Crippen LogP contribution < -0.4 is 4.72 Å². The second-order valence-electron chi connectivity index (χ2n) is 3.92.